The second-order valence-corrected chi connectivity index (χ2v) is 6.16. The number of hydrogen-bond donors (Lipinski definition) is 1. The Labute approximate surface area is 134 Å². The van der Waals surface area contributed by atoms with E-state index in [1.807, 2.05) is 4.68 Å². The summed E-state index contributed by atoms with van der Waals surface area (Å²) in [6.45, 7) is 0. The Kier molecular flexibility index (Phi) is 4.06. The van der Waals surface area contributed by atoms with E-state index in [0.717, 1.165) is 17.7 Å². The molecule has 124 valence electrons. The summed E-state index contributed by atoms with van der Waals surface area (Å²) < 4.78 is 1.85. The minimum absolute atomic E-state index is 0.0543. The smallest absolute Gasteiger partial charge is 0.315 e. The van der Waals surface area contributed by atoms with Gasteiger partial charge in [-0.25, -0.2) is 9.48 Å². The van der Waals surface area contributed by atoms with Gasteiger partial charge in [-0.1, -0.05) is 12.8 Å². The SMILES string of the molecule is CN1C(=O)C(CC(=O)Nc2ccnn2C2CCCC2)N(C)C1=O. The Morgan fingerprint density at radius 1 is 1.30 bits per heavy atom. The van der Waals surface area contributed by atoms with Crippen molar-refractivity contribution in [2.24, 2.45) is 0 Å². The lowest BCUT2D eigenvalue weighted by Gasteiger charge is -2.17. The number of aromatic nitrogens is 2. The molecule has 0 radical (unpaired) electrons. The van der Waals surface area contributed by atoms with Crippen molar-refractivity contribution in [3.63, 3.8) is 0 Å². The average molecular weight is 319 g/mol. The molecule has 1 aromatic heterocycles. The van der Waals surface area contributed by atoms with Gasteiger partial charge in [-0.3, -0.25) is 14.5 Å². The van der Waals surface area contributed by atoms with E-state index in [1.165, 1.54) is 31.8 Å². The average Bonchev–Trinajstić information content (AvgIpc) is 3.23. The molecule has 1 atom stereocenters. The van der Waals surface area contributed by atoms with Crippen LogP contribution < -0.4 is 5.32 Å². The second-order valence-electron chi connectivity index (χ2n) is 6.16. The number of carbonyl (C=O) groups excluding carboxylic acids is 3. The highest BCUT2D eigenvalue weighted by Crippen LogP contribution is 2.31. The highest BCUT2D eigenvalue weighted by Gasteiger charge is 2.41. The molecule has 2 fully saturated rings. The number of nitrogens with zero attached hydrogens (tertiary/aromatic N) is 4. The number of rotatable bonds is 4. The predicted molar refractivity (Wildman–Crippen MR) is 82.7 cm³/mol. The summed E-state index contributed by atoms with van der Waals surface area (Å²) in [5.74, 6) is 0.00433. The third-order valence-corrected chi connectivity index (χ3v) is 4.66. The van der Waals surface area contributed by atoms with Gasteiger partial charge in [-0.15, -0.1) is 0 Å². The largest absolute Gasteiger partial charge is 0.326 e. The lowest BCUT2D eigenvalue weighted by atomic mass is 10.2. The zero-order valence-corrected chi connectivity index (χ0v) is 13.4. The highest BCUT2D eigenvalue weighted by molar-refractivity contribution is 6.06. The van der Waals surface area contributed by atoms with Crippen LogP contribution in [0.3, 0.4) is 0 Å². The van der Waals surface area contributed by atoms with Crippen molar-refractivity contribution in [2.45, 2.75) is 44.2 Å². The molecule has 0 spiro atoms. The Bertz CT molecular complexity index is 635. The molecule has 1 aliphatic heterocycles. The molecule has 8 nitrogen and oxygen atoms in total. The summed E-state index contributed by atoms with van der Waals surface area (Å²) in [6, 6.07) is 0.955. The maximum absolute atomic E-state index is 12.3. The first-order valence-corrected chi connectivity index (χ1v) is 7.86. The minimum Gasteiger partial charge on any atom is -0.315 e. The number of nitrogens with one attached hydrogen (secondary N) is 1. The molecule has 2 heterocycles. The van der Waals surface area contributed by atoms with Gasteiger partial charge in [-0.05, 0) is 12.8 Å². The fraction of sp³-hybridized carbons (Fsp3) is 0.600. The van der Waals surface area contributed by atoms with E-state index in [2.05, 4.69) is 10.4 Å². The van der Waals surface area contributed by atoms with Crippen LogP contribution in [0.15, 0.2) is 12.3 Å². The number of anilines is 1. The van der Waals surface area contributed by atoms with Crippen LogP contribution in [-0.4, -0.2) is 57.6 Å². The number of carbonyl (C=O) groups is 3. The zero-order chi connectivity index (χ0) is 16.6. The summed E-state index contributed by atoms with van der Waals surface area (Å²) >= 11 is 0. The summed E-state index contributed by atoms with van der Waals surface area (Å²) in [7, 11) is 2.96. The highest BCUT2D eigenvalue weighted by atomic mass is 16.2. The number of amides is 4. The monoisotopic (exact) mass is 319 g/mol. The first-order chi connectivity index (χ1) is 11.0. The predicted octanol–water partition coefficient (Wildman–Crippen LogP) is 1.22. The van der Waals surface area contributed by atoms with Crippen LogP contribution in [0.5, 0.6) is 0 Å². The van der Waals surface area contributed by atoms with Gasteiger partial charge in [0.1, 0.15) is 11.9 Å². The quantitative estimate of drug-likeness (QED) is 0.845. The third-order valence-electron chi connectivity index (χ3n) is 4.66. The fourth-order valence-electron chi connectivity index (χ4n) is 3.30. The summed E-state index contributed by atoms with van der Waals surface area (Å²) in [6.07, 6.45) is 6.09. The molecular weight excluding hydrogens is 298 g/mol. The first kappa shape index (κ1) is 15.5. The Balaban J connectivity index is 1.65. The molecule has 1 N–H and O–H groups in total. The topological polar surface area (TPSA) is 87.5 Å². The van der Waals surface area contributed by atoms with E-state index in [4.69, 9.17) is 0 Å². The minimum atomic E-state index is -0.740. The van der Waals surface area contributed by atoms with E-state index >= 15 is 0 Å². The van der Waals surface area contributed by atoms with Crippen molar-refractivity contribution in [3.8, 4) is 0 Å². The molecule has 2 aliphatic rings. The molecule has 8 heteroatoms. The molecular formula is C15H21N5O3. The lowest BCUT2D eigenvalue weighted by Crippen LogP contribution is -2.35. The molecule has 4 amide bonds. The standard InChI is InChI=1S/C15H21N5O3/c1-18-11(14(22)19(2)15(18)23)9-13(21)17-12-7-8-16-20(12)10-5-3-4-6-10/h7-8,10-11H,3-6,9H2,1-2H3,(H,17,21). The maximum Gasteiger partial charge on any atom is 0.326 e. The van der Waals surface area contributed by atoms with Crippen LogP contribution in [-0.2, 0) is 9.59 Å². The van der Waals surface area contributed by atoms with Gasteiger partial charge in [0, 0.05) is 20.2 Å². The van der Waals surface area contributed by atoms with Crippen molar-refractivity contribution in [2.75, 3.05) is 19.4 Å². The second kappa shape index (κ2) is 6.02. The number of likely N-dealkylation sites (N-methyl/N-ethyl adjacent to an activating group) is 2. The molecule has 1 aromatic rings. The molecule has 1 saturated carbocycles. The van der Waals surface area contributed by atoms with Crippen LogP contribution in [0, 0.1) is 0 Å². The van der Waals surface area contributed by atoms with Crippen LogP contribution in [0.1, 0.15) is 38.1 Å². The van der Waals surface area contributed by atoms with Crippen molar-refractivity contribution < 1.29 is 14.4 Å². The number of urea groups is 1. The van der Waals surface area contributed by atoms with Gasteiger partial charge in [-0.2, -0.15) is 5.10 Å². The lowest BCUT2D eigenvalue weighted by molar-refractivity contribution is -0.129. The van der Waals surface area contributed by atoms with E-state index in [1.54, 1.807) is 12.3 Å². The summed E-state index contributed by atoms with van der Waals surface area (Å²) in [4.78, 5) is 38.4. The van der Waals surface area contributed by atoms with Crippen LogP contribution in [0.2, 0.25) is 0 Å². The summed E-state index contributed by atoms with van der Waals surface area (Å²) in [5, 5.41) is 7.12. The van der Waals surface area contributed by atoms with Crippen molar-refractivity contribution in [3.05, 3.63) is 12.3 Å². The van der Waals surface area contributed by atoms with Gasteiger partial charge in [0.15, 0.2) is 0 Å². The number of hydrogen-bond acceptors (Lipinski definition) is 4. The molecule has 1 aliphatic carbocycles. The van der Waals surface area contributed by atoms with Crippen LogP contribution in [0.4, 0.5) is 10.6 Å². The van der Waals surface area contributed by atoms with E-state index in [-0.39, 0.29) is 24.3 Å². The molecule has 0 aromatic carbocycles. The van der Waals surface area contributed by atoms with Gasteiger partial charge in [0.05, 0.1) is 18.7 Å². The van der Waals surface area contributed by atoms with Gasteiger partial charge >= 0.3 is 6.03 Å². The van der Waals surface area contributed by atoms with Crippen molar-refractivity contribution in [1.29, 1.82) is 0 Å². The van der Waals surface area contributed by atoms with Gasteiger partial charge in [0.25, 0.3) is 5.91 Å². The summed E-state index contributed by atoms with van der Waals surface area (Å²) in [5.41, 5.74) is 0. The Morgan fingerprint density at radius 2 is 2.00 bits per heavy atom. The zero-order valence-electron chi connectivity index (χ0n) is 13.4. The first-order valence-electron chi connectivity index (χ1n) is 7.86. The van der Waals surface area contributed by atoms with Crippen LogP contribution >= 0.6 is 0 Å². The Hall–Kier alpha value is -2.38. The Morgan fingerprint density at radius 3 is 2.61 bits per heavy atom. The fourth-order valence-corrected chi connectivity index (χ4v) is 3.30. The normalized spacial score (nSPS) is 22.3. The number of imide groups is 1. The van der Waals surface area contributed by atoms with E-state index in [9.17, 15) is 14.4 Å². The molecule has 1 unspecified atom stereocenters. The van der Waals surface area contributed by atoms with Crippen molar-refractivity contribution in [1.82, 2.24) is 19.6 Å². The maximum atomic E-state index is 12.3. The third kappa shape index (κ3) is 2.80. The molecule has 1 saturated heterocycles. The molecule has 23 heavy (non-hydrogen) atoms. The molecule has 0 bridgehead atoms. The van der Waals surface area contributed by atoms with Gasteiger partial charge in [0.2, 0.25) is 5.91 Å². The van der Waals surface area contributed by atoms with Gasteiger partial charge < -0.3 is 10.2 Å². The van der Waals surface area contributed by atoms with Crippen LogP contribution in [0.25, 0.3) is 0 Å². The van der Waals surface area contributed by atoms with Crippen molar-refractivity contribution >= 4 is 23.7 Å². The van der Waals surface area contributed by atoms with E-state index in [0.29, 0.717) is 11.9 Å². The molecule has 3 rings (SSSR count). The van der Waals surface area contributed by atoms with E-state index < -0.39 is 6.04 Å².